The average Bonchev–Trinajstić information content (AvgIpc) is 3.60. The number of carbonyl (C=O) groups is 2. The van der Waals surface area contributed by atoms with E-state index in [2.05, 4.69) is 31.1 Å². The van der Waals surface area contributed by atoms with Gasteiger partial charge in [-0.25, -0.2) is 4.79 Å². The van der Waals surface area contributed by atoms with Crippen molar-refractivity contribution in [2.45, 2.75) is 64.8 Å². The second kappa shape index (κ2) is 13.1. The fourth-order valence-electron chi connectivity index (χ4n) is 5.89. The van der Waals surface area contributed by atoms with Gasteiger partial charge in [0.15, 0.2) is 4.77 Å². The van der Waals surface area contributed by atoms with Crippen molar-refractivity contribution in [3.63, 3.8) is 0 Å². The normalized spacial score (nSPS) is 19.1. The maximum atomic E-state index is 12.5. The minimum Gasteiger partial charge on any atom is -0.433 e. The lowest BCUT2D eigenvalue weighted by Crippen LogP contribution is -2.30. The van der Waals surface area contributed by atoms with Crippen LogP contribution in [0.4, 0.5) is 4.79 Å². The number of rotatable bonds is 10. The molecule has 0 radical (unpaired) electrons. The third-order valence-electron chi connectivity index (χ3n) is 8.62. The van der Waals surface area contributed by atoms with Crippen molar-refractivity contribution in [1.29, 1.82) is 0 Å². The van der Waals surface area contributed by atoms with Gasteiger partial charge in [0.1, 0.15) is 12.8 Å². The van der Waals surface area contributed by atoms with Crippen LogP contribution in [0.25, 0.3) is 11.1 Å². The third-order valence-corrected chi connectivity index (χ3v) is 8.94. The number of ether oxygens (including phenoxy) is 3. The van der Waals surface area contributed by atoms with E-state index in [1.165, 1.54) is 0 Å². The fourth-order valence-corrected chi connectivity index (χ4v) is 6.15. The summed E-state index contributed by atoms with van der Waals surface area (Å²) in [4.78, 5) is 39.9. The molecule has 1 aliphatic heterocycles. The number of aromatic amines is 1. The Bertz CT molecular complexity index is 1520. The molecule has 2 aromatic carbocycles. The van der Waals surface area contributed by atoms with Crippen molar-refractivity contribution in [3.05, 3.63) is 86.5 Å². The van der Waals surface area contributed by atoms with E-state index in [4.69, 9.17) is 26.4 Å². The van der Waals surface area contributed by atoms with Crippen molar-refractivity contribution in [2.24, 2.45) is 11.8 Å². The molecule has 5 rings (SSSR count). The highest BCUT2D eigenvalue weighted by Gasteiger charge is 2.33. The van der Waals surface area contributed by atoms with Crippen LogP contribution in [0.1, 0.15) is 68.9 Å². The summed E-state index contributed by atoms with van der Waals surface area (Å²) in [7, 11) is 0. The van der Waals surface area contributed by atoms with Crippen LogP contribution in [0.15, 0.2) is 59.5 Å². The van der Waals surface area contributed by atoms with Gasteiger partial charge in [-0.15, -0.1) is 0 Å². The number of carbonyl (C=O) groups excluding carboxylic acids is 2. The highest BCUT2D eigenvalue weighted by atomic mass is 32.1. The van der Waals surface area contributed by atoms with Crippen LogP contribution >= 0.6 is 12.2 Å². The van der Waals surface area contributed by atoms with Crippen LogP contribution in [0.5, 0.6) is 0 Å². The molecule has 2 aliphatic rings. The number of hydrogen-bond acceptors (Lipinski definition) is 8. The van der Waals surface area contributed by atoms with Crippen molar-refractivity contribution >= 4 is 24.3 Å². The highest BCUT2D eigenvalue weighted by molar-refractivity contribution is 7.71. The maximum absolute atomic E-state index is 12.5. The van der Waals surface area contributed by atoms with E-state index in [9.17, 15) is 14.4 Å². The number of aromatic nitrogens is 2. The van der Waals surface area contributed by atoms with Crippen molar-refractivity contribution < 1.29 is 23.8 Å². The quantitative estimate of drug-likeness (QED) is 0.172. The number of nitrogens with zero attached hydrogens (tertiary/aromatic N) is 1. The molecule has 2 N–H and O–H groups in total. The molecule has 3 unspecified atom stereocenters. The summed E-state index contributed by atoms with van der Waals surface area (Å²) in [6.45, 7) is 6.46. The smallest absolute Gasteiger partial charge is 0.433 e. The van der Waals surface area contributed by atoms with Crippen LogP contribution < -0.4 is 10.9 Å². The molecule has 10 heteroatoms. The molecule has 1 fully saturated rings. The molecular formula is C32H37N3O6S. The average molecular weight is 592 g/mol. The Labute approximate surface area is 250 Å². The number of fused-ring (bicyclic) bond motifs is 3. The molecule has 3 aromatic rings. The van der Waals surface area contributed by atoms with Crippen LogP contribution in [-0.2, 0) is 25.5 Å². The maximum Gasteiger partial charge on any atom is 0.516 e. The van der Waals surface area contributed by atoms with Gasteiger partial charge < -0.3 is 19.5 Å². The van der Waals surface area contributed by atoms with E-state index >= 15 is 0 Å². The summed E-state index contributed by atoms with van der Waals surface area (Å²) in [6, 6.07) is 16.0. The first kappa shape index (κ1) is 29.9. The van der Waals surface area contributed by atoms with Crippen molar-refractivity contribution in [3.8, 4) is 11.1 Å². The number of hydrogen-bond donors (Lipinski definition) is 2. The van der Waals surface area contributed by atoms with Crippen LogP contribution in [0, 0.1) is 16.6 Å². The van der Waals surface area contributed by atoms with Gasteiger partial charge >= 0.3 is 12.1 Å². The predicted octanol–water partition coefficient (Wildman–Crippen LogP) is 5.85. The molecule has 1 saturated heterocycles. The lowest BCUT2D eigenvalue weighted by Gasteiger charge is -2.25. The molecule has 0 amide bonds. The number of nitrogens with one attached hydrogen (secondary N) is 2. The van der Waals surface area contributed by atoms with Crippen molar-refractivity contribution in [2.75, 3.05) is 13.2 Å². The van der Waals surface area contributed by atoms with E-state index in [-0.39, 0.29) is 43.5 Å². The number of benzene rings is 2. The molecule has 0 spiro atoms. The third kappa shape index (κ3) is 6.40. The molecule has 1 aliphatic carbocycles. The minimum absolute atomic E-state index is 0.0522. The molecule has 222 valence electrons. The summed E-state index contributed by atoms with van der Waals surface area (Å²) < 4.78 is 18.6. The van der Waals surface area contributed by atoms with Crippen LogP contribution in [0.3, 0.4) is 0 Å². The van der Waals surface area contributed by atoms with Gasteiger partial charge in [0.25, 0.3) is 5.56 Å². The van der Waals surface area contributed by atoms with E-state index < -0.39 is 12.1 Å². The fraction of sp³-hybridized carbons (Fsp3) is 0.438. The molecule has 0 bridgehead atoms. The Morgan fingerprint density at radius 3 is 2.43 bits per heavy atom. The molecular weight excluding hydrogens is 554 g/mol. The summed E-state index contributed by atoms with van der Waals surface area (Å²) in [5.41, 5.74) is 4.38. The zero-order chi connectivity index (χ0) is 29.8. The lowest BCUT2D eigenvalue weighted by atomic mass is 9.88. The van der Waals surface area contributed by atoms with Gasteiger partial charge in [-0.1, -0.05) is 75.7 Å². The van der Waals surface area contributed by atoms with E-state index in [1.807, 2.05) is 48.5 Å². The number of H-pyrrole nitrogens is 1. The van der Waals surface area contributed by atoms with Crippen molar-refractivity contribution in [1.82, 2.24) is 14.9 Å². The Morgan fingerprint density at radius 2 is 1.76 bits per heavy atom. The Kier molecular flexibility index (Phi) is 9.35. The standard InChI is InChI=1S/C32H37N3O6S/c1-4-19(2)20(3)27-13-14-28(40-27)35-17-21(30(37)34-31(35)42)15-33-16-29(36)41-32(38)39-18-26-24-11-7-5-9-22(24)23-10-6-8-12-25(23)26/h5-12,17,19-20,26-28,33H,4,13-16,18H2,1-3H3,(H,34,37,42)/t19?,20?,27?,28-/m1/s1. The van der Waals surface area contributed by atoms with Gasteiger partial charge in [0.05, 0.1) is 12.6 Å². The largest absolute Gasteiger partial charge is 0.516 e. The highest BCUT2D eigenvalue weighted by Crippen LogP contribution is 2.44. The molecule has 9 nitrogen and oxygen atoms in total. The predicted molar refractivity (Wildman–Crippen MR) is 161 cm³/mol. The lowest BCUT2D eigenvalue weighted by molar-refractivity contribution is -0.138. The number of esters is 1. The molecule has 1 aromatic heterocycles. The Morgan fingerprint density at radius 1 is 1.10 bits per heavy atom. The second-order valence-electron chi connectivity index (χ2n) is 11.1. The van der Waals surface area contributed by atoms with Gasteiger partial charge in [0, 0.05) is 24.2 Å². The first-order chi connectivity index (χ1) is 20.3. The van der Waals surface area contributed by atoms with E-state index in [0.717, 1.165) is 41.5 Å². The monoisotopic (exact) mass is 591 g/mol. The summed E-state index contributed by atoms with van der Waals surface area (Å²) in [5.74, 6) is 0.0181. The topological polar surface area (TPSA) is 112 Å². The summed E-state index contributed by atoms with van der Waals surface area (Å²) >= 11 is 5.41. The van der Waals surface area contributed by atoms with Gasteiger partial charge in [-0.3, -0.25) is 19.1 Å². The minimum atomic E-state index is -1.06. The molecule has 42 heavy (non-hydrogen) atoms. The van der Waals surface area contributed by atoms with Gasteiger partial charge in [0.2, 0.25) is 0 Å². The zero-order valence-corrected chi connectivity index (χ0v) is 24.9. The first-order valence-electron chi connectivity index (χ1n) is 14.5. The van der Waals surface area contributed by atoms with E-state index in [0.29, 0.717) is 22.2 Å². The summed E-state index contributed by atoms with van der Waals surface area (Å²) in [6.07, 6.45) is 3.29. The zero-order valence-electron chi connectivity index (χ0n) is 24.1. The molecule has 4 atom stereocenters. The molecule has 0 saturated carbocycles. The van der Waals surface area contributed by atoms with Crippen LogP contribution in [0.2, 0.25) is 0 Å². The second-order valence-corrected chi connectivity index (χ2v) is 11.5. The van der Waals surface area contributed by atoms with E-state index in [1.54, 1.807) is 10.8 Å². The Balaban J connectivity index is 1.12. The Hall–Kier alpha value is -3.60. The van der Waals surface area contributed by atoms with Gasteiger partial charge in [-0.2, -0.15) is 0 Å². The van der Waals surface area contributed by atoms with Gasteiger partial charge in [-0.05, 0) is 59.1 Å². The summed E-state index contributed by atoms with van der Waals surface area (Å²) in [5, 5.41) is 2.87. The molecule has 2 heterocycles. The SMILES string of the molecule is CCC(C)C(C)C1CC[C@H](n2cc(CNCC(=O)OC(=O)OCC3c4ccccc4-c4ccccc43)c(=O)[nH]c2=S)O1. The van der Waals surface area contributed by atoms with Crippen LogP contribution in [-0.4, -0.2) is 40.9 Å². The first-order valence-corrected chi connectivity index (χ1v) is 14.9.